The lowest BCUT2D eigenvalue weighted by Gasteiger charge is -2.18. The van der Waals surface area contributed by atoms with Crippen LogP contribution in [-0.2, 0) is 4.79 Å². The second kappa shape index (κ2) is 9.78. The topological polar surface area (TPSA) is 73.9 Å². The first-order valence-corrected chi connectivity index (χ1v) is 9.79. The summed E-state index contributed by atoms with van der Waals surface area (Å²) < 4.78 is 16.8. The number of rotatable bonds is 9. The standard InChI is InChI=1S/C23H25NO5/c1-3-5-12-28-21-10-7-16(13-22(21)27-4-2)6-9-19(25)17-8-11-20-18(14-17)24-23(26)15-29-20/h6-11,13-14H,3-5,12,15H2,1-2H3,(H,24,26). The van der Waals surface area contributed by atoms with E-state index in [2.05, 4.69) is 12.2 Å². The van der Waals surface area contributed by atoms with E-state index in [1.807, 2.05) is 25.1 Å². The van der Waals surface area contributed by atoms with Crippen LogP contribution in [0.25, 0.3) is 6.08 Å². The molecule has 152 valence electrons. The molecule has 1 aliphatic heterocycles. The fourth-order valence-corrected chi connectivity index (χ4v) is 2.85. The van der Waals surface area contributed by atoms with Crippen LogP contribution in [-0.4, -0.2) is 31.5 Å². The Morgan fingerprint density at radius 3 is 2.79 bits per heavy atom. The highest BCUT2D eigenvalue weighted by atomic mass is 16.5. The van der Waals surface area contributed by atoms with Crippen LogP contribution in [0, 0.1) is 0 Å². The van der Waals surface area contributed by atoms with Gasteiger partial charge in [-0.05, 0) is 55.3 Å². The minimum atomic E-state index is -0.234. The second-order valence-corrected chi connectivity index (χ2v) is 6.59. The maximum absolute atomic E-state index is 12.5. The van der Waals surface area contributed by atoms with Gasteiger partial charge in [-0.2, -0.15) is 0 Å². The third-order valence-electron chi connectivity index (χ3n) is 4.35. The number of amides is 1. The van der Waals surface area contributed by atoms with E-state index >= 15 is 0 Å². The van der Waals surface area contributed by atoms with Gasteiger partial charge in [0.2, 0.25) is 0 Å². The van der Waals surface area contributed by atoms with Crippen molar-refractivity contribution in [1.29, 1.82) is 0 Å². The van der Waals surface area contributed by atoms with Crippen molar-refractivity contribution in [3.8, 4) is 17.2 Å². The van der Waals surface area contributed by atoms with Gasteiger partial charge < -0.3 is 19.5 Å². The first-order chi connectivity index (χ1) is 14.1. The van der Waals surface area contributed by atoms with Gasteiger partial charge in [-0.1, -0.05) is 25.5 Å². The van der Waals surface area contributed by atoms with Gasteiger partial charge in [0.1, 0.15) is 5.75 Å². The Labute approximate surface area is 170 Å². The van der Waals surface area contributed by atoms with Gasteiger partial charge in [0.15, 0.2) is 23.9 Å². The summed E-state index contributed by atoms with van der Waals surface area (Å²) in [5, 5.41) is 2.71. The zero-order valence-electron chi connectivity index (χ0n) is 16.7. The number of nitrogens with one attached hydrogen (secondary N) is 1. The molecule has 0 atom stereocenters. The minimum Gasteiger partial charge on any atom is -0.490 e. The number of hydrogen-bond acceptors (Lipinski definition) is 5. The third kappa shape index (κ3) is 5.38. The summed E-state index contributed by atoms with van der Waals surface area (Å²) in [4.78, 5) is 24.0. The summed E-state index contributed by atoms with van der Waals surface area (Å²) in [5.74, 6) is 1.52. The van der Waals surface area contributed by atoms with Crippen LogP contribution in [0.4, 0.5) is 5.69 Å². The van der Waals surface area contributed by atoms with E-state index in [0.29, 0.717) is 41.7 Å². The number of ether oxygens (including phenoxy) is 3. The van der Waals surface area contributed by atoms with Gasteiger partial charge in [-0.3, -0.25) is 9.59 Å². The van der Waals surface area contributed by atoms with Gasteiger partial charge in [0.25, 0.3) is 5.91 Å². The fraction of sp³-hybridized carbons (Fsp3) is 0.304. The molecular weight excluding hydrogens is 370 g/mol. The average molecular weight is 395 g/mol. The highest BCUT2D eigenvalue weighted by Crippen LogP contribution is 2.30. The molecule has 1 heterocycles. The van der Waals surface area contributed by atoms with Crippen molar-refractivity contribution in [2.45, 2.75) is 26.7 Å². The predicted octanol–water partition coefficient (Wildman–Crippen LogP) is 4.49. The van der Waals surface area contributed by atoms with Crippen LogP contribution in [0.3, 0.4) is 0 Å². The maximum Gasteiger partial charge on any atom is 0.262 e. The number of fused-ring (bicyclic) bond motifs is 1. The van der Waals surface area contributed by atoms with Gasteiger partial charge in [0, 0.05) is 5.56 Å². The number of benzene rings is 2. The Hall–Kier alpha value is -3.28. The molecule has 0 aliphatic carbocycles. The molecule has 2 aromatic rings. The highest BCUT2D eigenvalue weighted by Gasteiger charge is 2.17. The smallest absolute Gasteiger partial charge is 0.262 e. The van der Waals surface area contributed by atoms with Gasteiger partial charge in [-0.15, -0.1) is 0 Å². The Morgan fingerprint density at radius 1 is 1.14 bits per heavy atom. The molecule has 0 radical (unpaired) electrons. The van der Waals surface area contributed by atoms with E-state index in [-0.39, 0.29) is 18.3 Å². The molecule has 0 aromatic heterocycles. The Balaban J connectivity index is 1.73. The number of ketones is 1. The number of carbonyl (C=O) groups excluding carboxylic acids is 2. The maximum atomic E-state index is 12.5. The van der Waals surface area contributed by atoms with E-state index in [1.54, 1.807) is 24.3 Å². The van der Waals surface area contributed by atoms with Crippen molar-refractivity contribution in [1.82, 2.24) is 0 Å². The van der Waals surface area contributed by atoms with Crippen LogP contribution < -0.4 is 19.5 Å². The van der Waals surface area contributed by atoms with E-state index in [1.165, 1.54) is 6.08 Å². The largest absolute Gasteiger partial charge is 0.490 e. The van der Waals surface area contributed by atoms with Crippen molar-refractivity contribution >= 4 is 23.5 Å². The molecule has 29 heavy (non-hydrogen) atoms. The van der Waals surface area contributed by atoms with Crippen LogP contribution in [0.2, 0.25) is 0 Å². The minimum absolute atomic E-state index is 0.0134. The van der Waals surface area contributed by atoms with Crippen LogP contribution in [0.1, 0.15) is 42.6 Å². The van der Waals surface area contributed by atoms with E-state index in [9.17, 15) is 9.59 Å². The first kappa shape index (κ1) is 20.5. The van der Waals surface area contributed by atoms with Crippen LogP contribution >= 0.6 is 0 Å². The van der Waals surface area contributed by atoms with Crippen molar-refractivity contribution in [2.75, 3.05) is 25.1 Å². The molecule has 0 unspecified atom stereocenters. The molecule has 0 saturated carbocycles. The normalized spacial score (nSPS) is 12.8. The Bertz CT molecular complexity index is 919. The Kier molecular flexibility index (Phi) is 6.89. The highest BCUT2D eigenvalue weighted by molar-refractivity contribution is 6.08. The lowest BCUT2D eigenvalue weighted by molar-refractivity contribution is -0.118. The molecular formula is C23H25NO5. The molecule has 3 rings (SSSR count). The van der Waals surface area contributed by atoms with Crippen molar-refractivity contribution in [2.24, 2.45) is 0 Å². The summed E-state index contributed by atoms with van der Waals surface area (Å²) in [7, 11) is 0. The first-order valence-electron chi connectivity index (χ1n) is 9.79. The number of allylic oxidation sites excluding steroid dienone is 1. The molecule has 0 bridgehead atoms. The number of anilines is 1. The van der Waals surface area contributed by atoms with Gasteiger partial charge in [-0.25, -0.2) is 0 Å². The molecule has 1 aliphatic rings. The molecule has 2 aromatic carbocycles. The van der Waals surface area contributed by atoms with Gasteiger partial charge in [0.05, 0.1) is 18.9 Å². The average Bonchev–Trinajstić information content (AvgIpc) is 2.73. The van der Waals surface area contributed by atoms with Crippen LogP contribution in [0.5, 0.6) is 17.2 Å². The summed E-state index contributed by atoms with van der Waals surface area (Å²) in [6, 6.07) is 10.6. The van der Waals surface area contributed by atoms with Crippen molar-refractivity contribution < 1.29 is 23.8 Å². The van der Waals surface area contributed by atoms with E-state index in [0.717, 1.165) is 18.4 Å². The summed E-state index contributed by atoms with van der Waals surface area (Å²) in [6.45, 7) is 5.18. The van der Waals surface area contributed by atoms with E-state index in [4.69, 9.17) is 14.2 Å². The summed E-state index contributed by atoms with van der Waals surface area (Å²) in [6.07, 6.45) is 5.27. The van der Waals surface area contributed by atoms with E-state index < -0.39 is 0 Å². The zero-order chi connectivity index (χ0) is 20.6. The molecule has 6 nitrogen and oxygen atoms in total. The van der Waals surface area contributed by atoms with Crippen molar-refractivity contribution in [3.63, 3.8) is 0 Å². The molecule has 0 fully saturated rings. The second-order valence-electron chi connectivity index (χ2n) is 6.59. The number of carbonyl (C=O) groups is 2. The summed E-state index contributed by atoms with van der Waals surface area (Å²) >= 11 is 0. The zero-order valence-corrected chi connectivity index (χ0v) is 16.7. The lowest BCUT2D eigenvalue weighted by Crippen LogP contribution is -2.25. The quantitative estimate of drug-likeness (QED) is 0.385. The lowest BCUT2D eigenvalue weighted by atomic mass is 10.1. The molecule has 1 N–H and O–H groups in total. The summed E-state index contributed by atoms with van der Waals surface area (Å²) in [5.41, 5.74) is 1.81. The van der Waals surface area contributed by atoms with Crippen molar-refractivity contribution in [3.05, 3.63) is 53.6 Å². The molecule has 0 saturated heterocycles. The molecule has 1 amide bonds. The number of unbranched alkanes of at least 4 members (excludes halogenated alkanes) is 1. The predicted molar refractivity (Wildman–Crippen MR) is 112 cm³/mol. The van der Waals surface area contributed by atoms with Gasteiger partial charge >= 0.3 is 0 Å². The monoisotopic (exact) mass is 395 g/mol. The fourth-order valence-electron chi connectivity index (χ4n) is 2.85. The molecule has 6 heteroatoms. The Morgan fingerprint density at radius 2 is 2.00 bits per heavy atom. The third-order valence-corrected chi connectivity index (χ3v) is 4.35. The SMILES string of the molecule is CCCCOc1ccc(C=CC(=O)c2ccc3c(c2)NC(=O)CO3)cc1OCC. The van der Waals surface area contributed by atoms with Crippen LogP contribution in [0.15, 0.2) is 42.5 Å². The molecule has 0 spiro atoms. The number of hydrogen-bond donors (Lipinski definition) is 1.